The van der Waals surface area contributed by atoms with Crippen LogP contribution in [0.5, 0.6) is 0 Å². The van der Waals surface area contributed by atoms with E-state index < -0.39 is 29.3 Å². The molecule has 0 fully saturated rings. The van der Waals surface area contributed by atoms with Gasteiger partial charge < -0.3 is 5.73 Å². The summed E-state index contributed by atoms with van der Waals surface area (Å²) in [5.41, 5.74) is 6.53. The van der Waals surface area contributed by atoms with Gasteiger partial charge in [0.05, 0.1) is 5.02 Å². The average Bonchev–Trinajstić information content (AvgIpc) is 2.39. The van der Waals surface area contributed by atoms with E-state index in [0.717, 1.165) is 12.1 Å². The molecule has 1 atom stereocenters. The van der Waals surface area contributed by atoms with Crippen LogP contribution in [0.4, 0.5) is 17.6 Å². The van der Waals surface area contributed by atoms with Gasteiger partial charge in [-0.15, -0.1) is 0 Å². The highest BCUT2D eigenvalue weighted by molar-refractivity contribution is 6.30. The summed E-state index contributed by atoms with van der Waals surface area (Å²) in [6, 6.07) is 4.95. The Bertz CT molecular complexity index is 622. The lowest BCUT2D eigenvalue weighted by molar-refractivity contribution is 0.443. The molecule has 0 radical (unpaired) electrons. The van der Waals surface area contributed by atoms with Gasteiger partial charge >= 0.3 is 0 Å². The minimum Gasteiger partial charge on any atom is -0.324 e. The SMILES string of the molecule is NC(Cc1ccc(F)c(Cl)c1)c1cc(F)c(F)c(F)c1. The molecular formula is C14H10ClF4N. The van der Waals surface area contributed by atoms with Crippen molar-refractivity contribution in [2.45, 2.75) is 12.5 Å². The quantitative estimate of drug-likeness (QED) is 0.669. The molecule has 0 heterocycles. The standard InChI is InChI=1S/C14H10ClF4N/c15-9-3-7(1-2-10(9)16)4-13(20)8-5-11(17)14(19)12(18)6-8/h1-3,5-6,13H,4,20H2. The van der Waals surface area contributed by atoms with Gasteiger partial charge in [-0.25, -0.2) is 17.6 Å². The molecule has 6 heteroatoms. The van der Waals surface area contributed by atoms with Crippen molar-refractivity contribution < 1.29 is 17.6 Å². The van der Waals surface area contributed by atoms with E-state index in [2.05, 4.69) is 0 Å². The fraction of sp³-hybridized carbons (Fsp3) is 0.143. The van der Waals surface area contributed by atoms with Gasteiger partial charge in [-0.3, -0.25) is 0 Å². The Labute approximate surface area is 118 Å². The zero-order chi connectivity index (χ0) is 14.9. The highest BCUT2D eigenvalue weighted by Gasteiger charge is 2.15. The van der Waals surface area contributed by atoms with Crippen LogP contribution in [0.2, 0.25) is 5.02 Å². The first-order valence-corrected chi connectivity index (χ1v) is 6.10. The molecular weight excluding hydrogens is 294 g/mol. The Morgan fingerprint density at radius 1 is 0.950 bits per heavy atom. The van der Waals surface area contributed by atoms with Crippen molar-refractivity contribution >= 4 is 11.6 Å². The minimum absolute atomic E-state index is 0.0637. The molecule has 106 valence electrons. The Morgan fingerprint density at radius 3 is 2.10 bits per heavy atom. The maximum atomic E-state index is 13.1. The van der Waals surface area contributed by atoms with Gasteiger partial charge in [0.1, 0.15) is 5.82 Å². The van der Waals surface area contributed by atoms with Crippen LogP contribution in [0, 0.1) is 23.3 Å². The molecule has 2 rings (SSSR count). The van der Waals surface area contributed by atoms with Gasteiger partial charge in [0.15, 0.2) is 17.5 Å². The molecule has 0 aliphatic rings. The van der Waals surface area contributed by atoms with Crippen LogP contribution in [0.25, 0.3) is 0 Å². The summed E-state index contributed by atoms with van der Waals surface area (Å²) in [6.07, 6.45) is 0.185. The average molecular weight is 304 g/mol. The topological polar surface area (TPSA) is 26.0 Å². The van der Waals surface area contributed by atoms with Crippen LogP contribution in [0.1, 0.15) is 17.2 Å². The van der Waals surface area contributed by atoms with E-state index in [-0.39, 0.29) is 17.0 Å². The summed E-state index contributed by atoms with van der Waals surface area (Å²) in [4.78, 5) is 0. The number of benzene rings is 2. The van der Waals surface area contributed by atoms with E-state index in [9.17, 15) is 17.6 Å². The smallest absolute Gasteiger partial charge is 0.194 e. The summed E-state index contributed by atoms with van der Waals surface area (Å²) >= 11 is 5.63. The number of halogens is 5. The van der Waals surface area contributed by atoms with E-state index in [0.29, 0.717) is 5.56 Å². The molecule has 1 unspecified atom stereocenters. The minimum atomic E-state index is -1.54. The first-order valence-electron chi connectivity index (χ1n) is 5.72. The third-order valence-corrected chi connectivity index (χ3v) is 3.16. The Hall–Kier alpha value is -1.59. The monoisotopic (exact) mass is 303 g/mol. The Morgan fingerprint density at radius 2 is 1.55 bits per heavy atom. The van der Waals surface area contributed by atoms with Crippen molar-refractivity contribution in [1.82, 2.24) is 0 Å². The molecule has 2 aromatic carbocycles. The zero-order valence-corrected chi connectivity index (χ0v) is 10.9. The zero-order valence-electron chi connectivity index (χ0n) is 10.1. The van der Waals surface area contributed by atoms with Gasteiger partial charge in [-0.1, -0.05) is 17.7 Å². The van der Waals surface area contributed by atoms with Crippen LogP contribution in [-0.2, 0) is 6.42 Å². The molecule has 2 N–H and O–H groups in total. The van der Waals surface area contributed by atoms with Crippen molar-refractivity contribution in [3.63, 3.8) is 0 Å². The van der Waals surface area contributed by atoms with Gasteiger partial charge in [-0.2, -0.15) is 0 Å². The fourth-order valence-corrected chi connectivity index (χ4v) is 2.03. The first kappa shape index (κ1) is 14.8. The largest absolute Gasteiger partial charge is 0.324 e. The van der Waals surface area contributed by atoms with Crippen molar-refractivity contribution in [2.24, 2.45) is 5.73 Å². The summed E-state index contributed by atoms with van der Waals surface area (Å²) in [7, 11) is 0. The second-order valence-electron chi connectivity index (χ2n) is 4.36. The first-order chi connectivity index (χ1) is 9.38. The van der Waals surface area contributed by atoms with Crippen LogP contribution in [-0.4, -0.2) is 0 Å². The summed E-state index contributed by atoms with van der Waals surface area (Å²) in [5.74, 6) is -4.70. The Kier molecular flexibility index (Phi) is 4.30. The molecule has 2 aromatic rings. The lowest BCUT2D eigenvalue weighted by atomic mass is 9.99. The molecule has 0 aliphatic heterocycles. The number of nitrogens with two attached hydrogens (primary N) is 1. The third-order valence-electron chi connectivity index (χ3n) is 2.87. The highest BCUT2D eigenvalue weighted by atomic mass is 35.5. The summed E-state index contributed by atoms with van der Waals surface area (Å²) in [5, 5.41) is -0.0637. The number of hydrogen-bond donors (Lipinski definition) is 1. The maximum absolute atomic E-state index is 13.1. The molecule has 0 aliphatic carbocycles. The molecule has 0 spiro atoms. The van der Waals surface area contributed by atoms with Crippen molar-refractivity contribution in [3.8, 4) is 0 Å². The van der Waals surface area contributed by atoms with Crippen LogP contribution in [0.15, 0.2) is 30.3 Å². The molecule has 0 saturated heterocycles. The summed E-state index contributed by atoms with van der Waals surface area (Å²) < 4.78 is 52.1. The van der Waals surface area contributed by atoms with Crippen LogP contribution < -0.4 is 5.73 Å². The fourth-order valence-electron chi connectivity index (χ4n) is 1.83. The van der Waals surface area contributed by atoms with E-state index in [1.54, 1.807) is 0 Å². The van der Waals surface area contributed by atoms with E-state index >= 15 is 0 Å². The molecule has 0 amide bonds. The van der Waals surface area contributed by atoms with Crippen LogP contribution >= 0.6 is 11.6 Å². The maximum Gasteiger partial charge on any atom is 0.194 e. The van der Waals surface area contributed by atoms with E-state index in [4.69, 9.17) is 17.3 Å². The molecule has 0 aromatic heterocycles. The molecule has 0 saturated carbocycles. The Balaban J connectivity index is 2.23. The van der Waals surface area contributed by atoms with Gasteiger partial charge in [0, 0.05) is 6.04 Å². The second kappa shape index (κ2) is 5.81. The van der Waals surface area contributed by atoms with Gasteiger partial charge in [0.2, 0.25) is 0 Å². The third kappa shape index (κ3) is 3.11. The molecule has 20 heavy (non-hydrogen) atoms. The van der Waals surface area contributed by atoms with Crippen molar-refractivity contribution in [3.05, 3.63) is 69.8 Å². The lowest BCUT2D eigenvalue weighted by Crippen LogP contribution is -2.14. The second-order valence-corrected chi connectivity index (χ2v) is 4.76. The normalized spacial score (nSPS) is 12.5. The predicted octanol–water partition coefficient (Wildman–Crippen LogP) is 4.14. The number of hydrogen-bond acceptors (Lipinski definition) is 1. The van der Waals surface area contributed by atoms with E-state index in [1.165, 1.54) is 18.2 Å². The van der Waals surface area contributed by atoms with Crippen molar-refractivity contribution in [1.29, 1.82) is 0 Å². The van der Waals surface area contributed by atoms with E-state index in [1.807, 2.05) is 0 Å². The van der Waals surface area contributed by atoms with Gasteiger partial charge in [-0.05, 0) is 41.8 Å². The molecule has 1 nitrogen and oxygen atoms in total. The highest BCUT2D eigenvalue weighted by Crippen LogP contribution is 2.23. The predicted molar refractivity (Wildman–Crippen MR) is 68.4 cm³/mol. The van der Waals surface area contributed by atoms with Gasteiger partial charge in [0.25, 0.3) is 0 Å². The van der Waals surface area contributed by atoms with Crippen LogP contribution in [0.3, 0.4) is 0 Å². The molecule has 0 bridgehead atoms. The lowest BCUT2D eigenvalue weighted by Gasteiger charge is -2.13. The number of rotatable bonds is 3. The summed E-state index contributed by atoms with van der Waals surface area (Å²) in [6.45, 7) is 0. The van der Waals surface area contributed by atoms with Crippen molar-refractivity contribution in [2.75, 3.05) is 0 Å².